The van der Waals surface area contributed by atoms with E-state index in [4.69, 9.17) is 0 Å². The van der Waals surface area contributed by atoms with Crippen molar-refractivity contribution in [2.45, 2.75) is 32.1 Å². The lowest BCUT2D eigenvalue weighted by molar-refractivity contribution is -0.148. The van der Waals surface area contributed by atoms with Crippen molar-refractivity contribution in [2.24, 2.45) is 5.41 Å². The van der Waals surface area contributed by atoms with Gasteiger partial charge in [-0.15, -0.1) is 0 Å². The lowest BCUT2D eigenvalue weighted by atomic mass is 9.80. The minimum absolute atomic E-state index is 0.222. The molecule has 0 unspecified atom stereocenters. The summed E-state index contributed by atoms with van der Waals surface area (Å²) in [6.45, 7) is 0. The van der Waals surface area contributed by atoms with Crippen molar-refractivity contribution in [1.82, 2.24) is 0 Å². The number of rotatable bonds is 3. The van der Waals surface area contributed by atoms with Crippen molar-refractivity contribution < 1.29 is 15.0 Å². The minimum atomic E-state index is -0.682. The van der Waals surface area contributed by atoms with Crippen molar-refractivity contribution in [3.8, 4) is 5.75 Å². The van der Waals surface area contributed by atoms with Crippen LogP contribution in [0.25, 0.3) is 0 Å². The molecular formula is C13H16O3. The largest absolute Gasteiger partial charge is 0.508 e. The van der Waals surface area contributed by atoms with E-state index >= 15 is 0 Å². The lowest BCUT2D eigenvalue weighted by Gasteiger charge is -2.23. The van der Waals surface area contributed by atoms with E-state index in [1.807, 2.05) is 0 Å². The summed E-state index contributed by atoms with van der Waals surface area (Å²) < 4.78 is 0. The van der Waals surface area contributed by atoms with Crippen molar-refractivity contribution in [3.63, 3.8) is 0 Å². The first kappa shape index (κ1) is 11.0. The van der Waals surface area contributed by atoms with Gasteiger partial charge in [-0.1, -0.05) is 25.0 Å². The molecule has 0 spiro atoms. The Balaban J connectivity index is 2.18. The maximum atomic E-state index is 11.3. The number of carboxylic acids is 1. The molecule has 0 heterocycles. The third-order valence-electron chi connectivity index (χ3n) is 3.49. The van der Waals surface area contributed by atoms with Gasteiger partial charge >= 0.3 is 5.97 Å². The summed E-state index contributed by atoms with van der Waals surface area (Å²) >= 11 is 0. The number of aliphatic carboxylic acids is 1. The fraction of sp³-hybridized carbons (Fsp3) is 0.462. The zero-order valence-electron chi connectivity index (χ0n) is 9.15. The van der Waals surface area contributed by atoms with Gasteiger partial charge in [-0.05, 0) is 37.0 Å². The molecule has 1 aliphatic rings. The molecule has 16 heavy (non-hydrogen) atoms. The maximum absolute atomic E-state index is 11.3. The molecule has 3 heteroatoms. The molecule has 0 aromatic heterocycles. The number of aromatic hydroxyl groups is 1. The van der Waals surface area contributed by atoms with Crippen molar-refractivity contribution >= 4 is 5.97 Å². The van der Waals surface area contributed by atoms with Gasteiger partial charge in [0.15, 0.2) is 0 Å². The highest BCUT2D eigenvalue weighted by Crippen LogP contribution is 2.41. The molecule has 0 saturated heterocycles. The molecule has 0 atom stereocenters. The van der Waals surface area contributed by atoms with E-state index in [2.05, 4.69) is 0 Å². The van der Waals surface area contributed by atoms with Gasteiger partial charge in [0.2, 0.25) is 0 Å². The Morgan fingerprint density at radius 1 is 1.19 bits per heavy atom. The monoisotopic (exact) mass is 220 g/mol. The van der Waals surface area contributed by atoms with Gasteiger partial charge < -0.3 is 10.2 Å². The molecule has 2 N–H and O–H groups in total. The van der Waals surface area contributed by atoms with Gasteiger partial charge in [0.05, 0.1) is 5.41 Å². The summed E-state index contributed by atoms with van der Waals surface area (Å²) in [4.78, 5) is 11.3. The Hall–Kier alpha value is -1.51. The summed E-state index contributed by atoms with van der Waals surface area (Å²) in [6.07, 6.45) is 4.11. The molecule has 1 aromatic carbocycles. The normalized spacial score (nSPS) is 18.5. The molecule has 1 aliphatic carbocycles. The Morgan fingerprint density at radius 3 is 2.25 bits per heavy atom. The van der Waals surface area contributed by atoms with Crippen LogP contribution in [0.4, 0.5) is 0 Å². The van der Waals surface area contributed by atoms with Crippen molar-refractivity contribution in [2.75, 3.05) is 0 Å². The van der Waals surface area contributed by atoms with Crippen LogP contribution in [0, 0.1) is 5.41 Å². The molecule has 86 valence electrons. The van der Waals surface area contributed by atoms with E-state index in [-0.39, 0.29) is 5.75 Å². The number of benzene rings is 1. The second-order valence-electron chi connectivity index (χ2n) is 4.64. The van der Waals surface area contributed by atoms with Crippen LogP contribution in [0.2, 0.25) is 0 Å². The highest BCUT2D eigenvalue weighted by molar-refractivity contribution is 5.75. The second-order valence-corrected chi connectivity index (χ2v) is 4.64. The zero-order valence-corrected chi connectivity index (χ0v) is 9.15. The van der Waals surface area contributed by atoms with Gasteiger partial charge in [0.1, 0.15) is 5.75 Å². The van der Waals surface area contributed by atoms with Crippen molar-refractivity contribution in [3.05, 3.63) is 29.8 Å². The second kappa shape index (κ2) is 4.16. The molecule has 0 amide bonds. The fourth-order valence-corrected chi connectivity index (χ4v) is 2.52. The summed E-state index contributed by atoms with van der Waals surface area (Å²) in [6, 6.07) is 6.83. The van der Waals surface area contributed by atoms with Crippen molar-refractivity contribution in [1.29, 1.82) is 0 Å². The van der Waals surface area contributed by atoms with Gasteiger partial charge in [0.25, 0.3) is 0 Å². The highest BCUT2D eigenvalue weighted by atomic mass is 16.4. The average molecular weight is 220 g/mol. The molecule has 2 rings (SSSR count). The number of phenols is 1. The molecule has 0 aliphatic heterocycles. The van der Waals surface area contributed by atoms with E-state index in [1.165, 1.54) is 0 Å². The van der Waals surface area contributed by atoms with Crippen LogP contribution in [0.1, 0.15) is 31.2 Å². The third kappa shape index (κ3) is 2.03. The van der Waals surface area contributed by atoms with E-state index in [9.17, 15) is 15.0 Å². The van der Waals surface area contributed by atoms with Crippen LogP contribution in [-0.2, 0) is 11.2 Å². The number of hydrogen-bond donors (Lipinski definition) is 2. The highest BCUT2D eigenvalue weighted by Gasteiger charge is 2.41. The van der Waals surface area contributed by atoms with Crippen LogP contribution in [0.5, 0.6) is 5.75 Å². The number of carboxylic acid groups (broad SMARTS) is 1. The maximum Gasteiger partial charge on any atom is 0.309 e. The predicted molar refractivity (Wildman–Crippen MR) is 60.3 cm³/mol. The molecule has 0 bridgehead atoms. The zero-order chi connectivity index (χ0) is 11.6. The number of hydrogen-bond acceptors (Lipinski definition) is 2. The fourth-order valence-electron chi connectivity index (χ4n) is 2.52. The molecular weight excluding hydrogens is 204 g/mol. The number of carbonyl (C=O) groups is 1. The first-order valence-corrected chi connectivity index (χ1v) is 5.64. The standard InChI is InChI=1S/C13H16O3/c14-11-5-3-10(4-6-11)9-13(12(15)16)7-1-2-8-13/h3-6,14H,1-2,7-9H2,(H,15,16). The van der Waals surface area contributed by atoms with Gasteiger partial charge in [-0.25, -0.2) is 0 Å². The number of phenolic OH excluding ortho intramolecular Hbond substituents is 1. The van der Waals surface area contributed by atoms with Gasteiger partial charge in [-0.3, -0.25) is 4.79 Å². The van der Waals surface area contributed by atoms with E-state index < -0.39 is 11.4 Å². The van der Waals surface area contributed by atoms with Crippen LogP contribution >= 0.6 is 0 Å². The molecule has 1 fully saturated rings. The molecule has 0 radical (unpaired) electrons. The lowest BCUT2D eigenvalue weighted by Crippen LogP contribution is -2.30. The first-order chi connectivity index (χ1) is 7.62. The summed E-state index contributed by atoms with van der Waals surface area (Å²) in [5.74, 6) is -0.461. The summed E-state index contributed by atoms with van der Waals surface area (Å²) in [5.41, 5.74) is 0.416. The summed E-state index contributed by atoms with van der Waals surface area (Å²) in [5, 5.41) is 18.5. The quantitative estimate of drug-likeness (QED) is 0.823. The Bertz CT molecular complexity index is 375. The van der Waals surface area contributed by atoms with Crippen LogP contribution in [-0.4, -0.2) is 16.2 Å². The SMILES string of the molecule is O=C(O)C1(Cc2ccc(O)cc2)CCCC1. The van der Waals surface area contributed by atoms with E-state index in [1.54, 1.807) is 24.3 Å². The molecule has 1 aromatic rings. The minimum Gasteiger partial charge on any atom is -0.508 e. The van der Waals surface area contributed by atoms with E-state index in [0.29, 0.717) is 6.42 Å². The predicted octanol–water partition coefficient (Wildman–Crippen LogP) is 2.58. The third-order valence-corrected chi connectivity index (χ3v) is 3.49. The molecule has 3 nitrogen and oxygen atoms in total. The summed E-state index contributed by atoms with van der Waals surface area (Å²) in [7, 11) is 0. The van der Waals surface area contributed by atoms with Crippen LogP contribution in [0.15, 0.2) is 24.3 Å². The smallest absolute Gasteiger partial charge is 0.309 e. The van der Waals surface area contributed by atoms with Crippen LogP contribution in [0.3, 0.4) is 0 Å². The average Bonchev–Trinajstić information content (AvgIpc) is 2.71. The van der Waals surface area contributed by atoms with E-state index in [0.717, 1.165) is 31.2 Å². The van der Waals surface area contributed by atoms with Gasteiger partial charge in [0, 0.05) is 0 Å². The Kier molecular flexibility index (Phi) is 2.86. The van der Waals surface area contributed by atoms with Gasteiger partial charge in [-0.2, -0.15) is 0 Å². The Morgan fingerprint density at radius 2 is 1.75 bits per heavy atom. The Labute approximate surface area is 94.7 Å². The topological polar surface area (TPSA) is 57.5 Å². The molecule has 1 saturated carbocycles. The van der Waals surface area contributed by atoms with Crippen LogP contribution < -0.4 is 0 Å². The first-order valence-electron chi connectivity index (χ1n) is 5.64.